The molecule has 0 aromatic heterocycles. The fourth-order valence-electron chi connectivity index (χ4n) is 3.46. The third-order valence-electron chi connectivity index (χ3n) is 5.24. The van der Waals surface area contributed by atoms with E-state index in [1.54, 1.807) is 13.8 Å². The predicted octanol–water partition coefficient (Wildman–Crippen LogP) is 3.03. The molecule has 0 radical (unpaired) electrons. The molecule has 2 N–H and O–H groups in total. The number of ketones is 1. The number of cyclic esters (lactones) is 1. The number of carbonyl (C=O) groups is 2. The Balaban J connectivity index is 2.88. The molecule has 5 heteroatoms. The average molecular weight is 354 g/mol. The molecule has 0 fully saturated rings. The maximum Gasteiger partial charge on any atom is 0.308 e. The van der Waals surface area contributed by atoms with E-state index in [1.807, 2.05) is 13.0 Å². The number of ether oxygens (including phenoxy) is 1. The van der Waals surface area contributed by atoms with Gasteiger partial charge in [0.1, 0.15) is 5.78 Å². The van der Waals surface area contributed by atoms with Gasteiger partial charge in [0, 0.05) is 5.92 Å². The molecule has 1 rings (SSSR count). The van der Waals surface area contributed by atoms with Crippen LogP contribution in [0.5, 0.6) is 0 Å². The molecule has 25 heavy (non-hydrogen) atoms. The zero-order valence-electron chi connectivity index (χ0n) is 16.1. The number of aliphatic hydroxyl groups excluding tert-OH is 2. The molecule has 1 aliphatic heterocycles. The van der Waals surface area contributed by atoms with Gasteiger partial charge in [0.2, 0.25) is 0 Å². The highest BCUT2D eigenvalue weighted by Crippen LogP contribution is 2.31. The van der Waals surface area contributed by atoms with E-state index in [4.69, 9.17) is 4.74 Å². The Morgan fingerprint density at radius 1 is 1.28 bits per heavy atom. The fraction of sp³-hybridized carbons (Fsp3) is 0.800. The van der Waals surface area contributed by atoms with Crippen LogP contribution in [0.15, 0.2) is 11.6 Å². The van der Waals surface area contributed by atoms with Gasteiger partial charge in [-0.1, -0.05) is 40.2 Å². The Labute approximate surface area is 151 Å². The second-order valence-electron chi connectivity index (χ2n) is 7.97. The highest BCUT2D eigenvalue weighted by Gasteiger charge is 2.39. The Morgan fingerprint density at radius 2 is 1.96 bits per heavy atom. The Bertz CT molecular complexity index is 480. The first kappa shape index (κ1) is 21.8. The summed E-state index contributed by atoms with van der Waals surface area (Å²) in [6, 6.07) is 0. The molecule has 0 spiro atoms. The van der Waals surface area contributed by atoms with Crippen LogP contribution in [0, 0.1) is 17.3 Å². The van der Waals surface area contributed by atoms with Crippen LogP contribution in [0.25, 0.3) is 0 Å². The third-order valence-corrected chi connectivity index (χ3v) is 5.24. The van der Waals surface area contributed by atoms with Crippen molar-refractivity contribution in [2.75, 3.05) is 13.2 Å². The van der Waals surface area contributed by atoms with Gasteiger partial charge in [-0.2, -0.15) is 0 Å². The Morgan fingerprint density at radius 3 is 2.60 bits per heavy atom. The van der Waals surface area contributed by atoms with E-state index in [1.165, 1.54) is 0 Å². The minimum atomic E-state index is -1.05. The number of esters is 1. The summed E-state index contributed by atoms with van der Waals surface area (Å²) in [6.07, 6.45) is 4.77. The SMILES string of the molecule is CC1CCC/C(CO)=C\CCOC(=O)CC(O)C(C)(C)C(=O)C(C)C1. The molecule has 0 amide bonds. The number of hydrogen-bond donors (Lipinski definition) is 2. The van der Waals surface area contributed by atoms with Crippen molar-refractivity contribution in [3.8, 4) is 0 Å². The maximum absolute atomic E-state index is 12.8. The third kappa shape index (κ3) is 6.90. The van der Waals surface area contributed by atoms with Crippen LogP contribution < -0.4 is 0 Å². The normalized spacial score (nSPS) is 32.6. The largest absolute Gasteiger partial charge is 0.465 e. The van der Waals surface area contributed by atoms with E-state index in [0.29, 0.717) is 12.3 Å². The zero-order valence-corrected chi connectivity index (χ0v) is 16.1. The molecule has 0 aromatic carbocycles. The van der Waals surface area contributed by atoms with Crippen LogP contribution in [-0.2, 0) is 14.3 Å². The lowest BCUT2D eigenvalue weighted by Crippen LogP contribution is -2.42. The topological polar surface area (TPSA) is 83.8 Å². The fourth-order valence-corrected chi connectivity index (χ4v) is 3.46. The van der Waals surface area contributed by atoms with Gasteiger partial charge < -0.3 is 14.9 Å². The summed E-state index contributed by atoms with van der Waals surface area (Å²) in [5.41, 5.74) is -0.0141. The van der Waals surface area contributed by atoms with E-state index in [0.717, 1.165) is 31.3 Å². The van der Waals surface area contributed by atoms with Gasteiger partial charge in [0.25, 0.3) is 0 Å². The summed E-state index contributed by atoms with van der Waals surface area (Å²) in [7, 11) is 0. The first-order valence-corrected chi connectivity index (χ1v) is 9.35. The summed E-state index contributed by atoms with van der Waals surface area (Å²) in [4.78, 5) is 24.7. The van der Waals surface area contributed by atoms with Crippen LogP contribution in [0.2, 0.25) is 0 Å². The standard InChI is InChI=1S/C20H34O5/c1-14-7-5-8-16(13-21)9-6-10-25-18(23)12-17(22)20(3,4)19(24)15(2)11-14/h9,14-15,17,21-22H,5-8,10-13H2,1-4H3/b16-9+. The molecule has 5 nitrogen and oxygen atoms in total. The summed E-state index contributed by atoms with van der Waals surface area (Å²) in [5.74, 6) is -0.288. The first-order valence-electron chi connectivity index (χ1n) is 9.35. The molecular formula is C20H34O5. The van der Waals surface area contributed by atoms with Gasteiger partial charge in [-0.3, -0.25) is 9.59 Å². The predicted molar refractivity (Wildman–Crippen MR) is 97.0 cm³/mol. The first-order chi connectivity index (χ1) is 11.7. The summed E-state index contributed by atoms with van der Waals surface area (Å²) >= 11 is 0. The Hall–Kier alpha value is -1.20. The number of aliphatic hydroxyl groups is 2. The van der Waals surface area contributed by atoms with Crippen LogP contribution in [0.4, 0.5) is 0 Å². The molecule has 0 aliphatic carbocycles. The molecule has 1 heterocycles. The van der Waals surface area contributed by atoms with Crippen LogP contribution in [0.1, 0.15) is 66.2 Å². The van der Waals surface area contributed by atoms with E-state index >= 15 is 0 Å². The van der Waals surface area contributed by atoms with Crippen molar-refractivity contribution in [3.63, 3.8) is 0 Å². The number of carbonyl (C=O) groups excluding carboxylic acids is 2. The molecule has 0 bridgehead atoms. The van der Waals surface area contributed by atoms with Crippen molar-refractivity contribution in [3.05, 3.63) is 11.6 Å². The molecule has 3 atom stereocenters. The zero-order chi connectivity index (χ0) is 19.0. The highest BCUT2D eigenvalue weighted by atomic mass is 16.5. The molecule has 3 unspecified atom stereocenters. The van der Waals surface area contributed by atoms with Crippen molar-refractivity contribution in [1.29, 1.82) is 0 Å². The molecule has 0 aromatic rings. The summed E-state index contributed by atoms with van der Waals surface area (Å²) in [6.45, 7) is 7.67. The number of hydrogen-bond acceptors (Lipinski definition) is 5. The molecule has 0 saturated heterocycles. The monoisotopic (exact) mass is 354 g/mol. The van der Waals surface area contributed by atoms with Gasteiger partial charge in [0.05, 0.1) is 31.2 Å². The van der Waals surface area contributed by atoms with Crippen LogP contribution >= 0.6 is 0 Å². The van der Waals surface area contributed by atoms with Gasteiger partial charge in [-0.05, 0) is 37.2 Å². The minimum Gasteiger partial charge on any atom is -0.465 e. The van der Waals surface area contributed by atoms with Gasteiger partial charge in [-0.15, -0.1) is 0 Å². The van der Waals surface area contributed by atoms with E-state index in [-0.39, 0.29) is 31.3 Å². The van der Waals surface area contributed by atoms with E-state index in [9.17, 15) is 19.8 Å². The van der Waals surface area contributed by atoms with Crippen molar-refractivity contribution < 1.29 is 24.5 Å². The maximum atomic E-state index is 12.8. The summed E-state index contributed by atoms with van der Waals surface area (Å²) in [5, 5.41) is 19.8. The van der Waals surface area contributed by atoms with Gasteiger partial charge >= 0.3 is 5.97 Å². The molecular weight excluding hydrogens is 320 g/mol. The van der Waals surface area contributed by atoms with Gasteiger partial charge in [0.15, 0.2) is 0 Å². The smallest absolute Gasteiger partial charge is 0.308 e. The molecule has 1 aliphatic rings. The number of rotatable bonds is 1. The van der Waals surface area contributed by atoms with Crippen molar-refractivity contribution >= 4 is 11.8 Å². The average Bonchev–Trinajstić information content (AvgIpc) is 2.55. The van der Waals surface area contributed by atoms with Crippen LogP contribution in [0.3, 0.4) is 0 Å². The van der Waals surface area contributed by atoms with Crippen molar-refractivity contribution in [2.45, 2.75) is 72.3 Å². The van der Waals surface area contributed by atoms with Crippen LogP contribution in [-0.4, -0.2) is 41.3 Å². The lowest BCUT2D eigenvalue weighted by atomic mass is 9.74. The van der Waals surface area contributed by atoms with Crippen molar-refractivity contribution in [1.82, 2.24) is 0 Å². The second kappa shape index (κ2) is 10.1. The lowest BCUT2D eigenvalue weighted by Gasteiger charge is -2.32. The lowest BCUT2D eigenvalue weighted by molar-refractivity contribution is -0.150. The molecule has 144 valence electrons. The van der Waals surface area contributed by atoms with E-state index < -0.39 is 17.5 Å². The van der Waals surface area contributed by atoms with Gasteiger partial charge in [-0.25, -0.2) is 0 Å². The number of Topliss-reactive ketones (excluding diaryl/α,β-unsaturated/α-hetero) is 1. The molecule has 0 saturated carbocycles. The Kier molecular flexibility index (Phi) is 8.80. The second-order valence-corrected chi connectivity index (χ2v) is 7.97. The summed E-state index contributed by atoms with van der Waals surface area (Å²) < 4.78 is 5.14. The van der Waals surface area contributed by atoms with Crippen molar-refractivity contribution in [2.24, 2.45) is 17.3 Å². The minimum absolute atomic E-state index is 0.0114. The van der Waals surface area contributed by atoms with E-state index in [2.05, 4.69) is 6.92 Å². The quantitative estimate of drug-likeness (QED) is 0.558. The highest BCUT2D eigenvalue weighted by molar-refractivity contribution is 5.87.